The van der Waals surface area contributed by atoms with Crippen LogP contribution in [0.1, 0.15) is 49.7 Å². The van der Waals surface area contributed by atoms with Crippen LogP contribution in [0, 0.1) is 5.92 Å². The lowest BCUT2D eigenvalue weighted by molar-refractivity contribution is -0.136. The minimum absolute atomic E-state index is 0.0912. The lowest BCUT2D eigenvalue weighted by Gasteiger charge is -2.31. The molecular weight excluding hydrogens is 376 g/mol. The molecule has 0 aromatic heterocycles. The molecule has 6 nitrogen and oxygen atoms in total. The lowest BCUT2D eigenvalue weighted by atomic mass is 9.98. The first-order chi connectivity index (χ1) is 13.5. The number of hydrogen-bond donors (Lipinski definition) is 0. The van der Waals surface area contributed by atoms with Crippen molar-refractivity contribution in [2.45, 2.75) is 62.4 Å². The molecule has 2 aliphatic heterocycles. The van der Waals surface area contributed by atoms with Gasteiger partial charge in [0.1, 0.15) is 0 Å². The summed E-state index contributed by atoms with van der Waals surface area (Å²) in [6.45, 7) is 2.22. The third-order valence-corrected chi connectivity index (χ3v) is 8.44. The number of carbonyl (C=O) groups excluding carboxylic acids is 1. The third-order valence-electron chi connectivity index (χ3n) is 6.49. The number of benzene rings is 1. The fraction of sp³-hybridized carbons (Fsp3) is 0.667. The highest BCUT2D eigenvalue weighted by Crippen LogP contribution is 2.31. The minimum Gasteiger partial charge on any atom is -0.383 e. The normalized spacial score (nSPS) is 23.9. The van der Waals surface area contributed by atoms with Gasteiger partial charge < -0.3 is 9.64 Å². The zero-order valence-electron chi connectivity index (χ0n) is 16.6. The Labute approximate surface area is 167 Å². The molecule has 0 radical (unpaired) electrons. The number of nitrogens with zero attached hydrogens (tertiary/aromatic N) is 2. The van der Waals surface area contributed by atoms with Crippen molar-refractivity contribution in [2.75, 3.05) is 26.8 Å². The highest BCUT2D eigenvalue weighted by molar-refractivity contribution is 7.89. The summed E-state index contributed by atoms with van der Waals surface area (Å²) in [5.74, 6) is 0.406. The van der Waals surface area contributed by atoms with Crippen LogP contribution in [0.5, 0.6) is 0 Å². The van der Waals surface area contributed by atoms with E-state index in [2.05, 4.69) is 0 Å². The van der Waals surface area contributed by atoms with E-state index in [9.17, 15) is 13.2 Å². The standard InChI is InChI=1S/C21H30N2O4S/c1-27-15-19-7-4-11-23(19)28(25,26)20-9-8-16-10-12-22(14-18(16)13-20)21(24)17-5-2-3-6-17/h8-9,13,17,19H,2-7,10-12,14-15H2,1H3/t19-/m0/s1. The molecule has 7 heteroatoms. The lowest BCUT2D eigenvalue weighted by Crippen LogP contribution is -2.40. The van der Waals surface area contributed by atoms with Gasteiger partial charge in [-0.25, -0.2) is 8.42 Å². The zero-order chi connectivity index (χ0) is 19.7. The van der Waals surface area contributed by atoms with E-state index in [4.69, 9.17) is 4.74 Å². The van der Waals surface area contributed by atoms with E-state index < -0.39 is 10.0 Å². The van der Waals surface area contributed by atoms with Crippen LogP contribution in [0.2, 0.25) is 0 Å². The second-order valence-corrected chi connectivity index (χ2v) is 10.2. The van der Waals surface area contributed by atoms with Crippen molar-refractivity contribution in [1.29, 1.82) is 0 Å². The molecule has 1 amide bonds. The Morgan fingerprint density at radius 1 is 1.11 bits per heavy atom. The van der Waals surface area contributed by atoms with Crippen LogP contribution in [0.4, 0.5) is 0 Å². The molecule has 0 unspecified atom stereocenters. The van der Waals surface area contributed by atoms with E-state index in [-0.39, 0.29) is 17.9 Å². The first-order valence-electron chi connectivity index (χ1n) is 10.4. The Hall–Kier alpha value is -1.44. The topological polar surface area (TPSA) is 66.9 Å². The summed E-state index contributed by atoms with van der Waals surface area (Å²) in [5.41, 5.74) is 2.13. The van der Waals surface area contributed by atoms with Gasteiger partial charge in [-0.15, -0.1) is 0 Å². The van der Waals surface area contributed by atoms with Crippen LogP contribution in [-0.4, -0.2) is 56.4 Å². The molecule has 0 spiro atoms. The minimum atomic E-state index is -3.55. The second kappa shape index (κ2) is 8.13. The molecule has 1 atom stereocenters. The molecule has 28 heavy (non-hydrogen) atoms. The summed E-state index contributed by atoms with van der Waals surface area (Å²) in [6, 6.07) is 5.36. The van der Waals surface area contributed by atoms with Crippen LogP contribution < -0.4 is 0 Å². The van der Waals surface area contributed by atoms with Crippen molar-refractivity contribution in [1.82, 2.24) is 9.21 Å². The van der Waals surface area contributed by atoms with Gasteiger partial charge in [-0.05, 0) is 55.4 Å². The number of carbonyl (C=O) groups is 1. The van der Waals surface area contributed by atoms with Gasteiger partial charge >= 0.3 is 0 Å². The summed E-state index contributed by atoms with van der Waals surface area (Å²) in [6.07, 6.45) is 6.76. The predicted molar refractivity (Wildman–Crippen MR) is 106 cm³/mol. The maximum absolute atomic E-state index is 13.2. The van der Waals surface area contributed by atoms with Crippen molar-refractivity contribution in [2.24, 2.45) is 5.92 Å². The Bertz CT molecular complexity index is 833. The Balaban J connectivity index is 1.55. The van der Waals surface area contributed by atoms with Gasteiger partial charge in [-0.1, -0.05) is 18.9 Å². The highest BCUT2D eigenvalue weighted by atomic mass is 32.2. The van der Waals surface area contributed by atoms with E-state index in [1.165, 1.54) is 0 Å². The smallest absolute Gasteiger partial charge is 0.243 e. The van der Waals surface area contributed by atoms with Gasteiger partial charge in [-0.3, -0.25) is 4.79 Å². The van der Waals surface area contributed by atoms with Crippen molar-refractivity contribution >= 4 is 15.9 Å². The average molecular weight is 407 g/mol. The number of hydrogen-bond acceptors (Lipinski definition) is 4. The van der Waals surface area contributed by atoms with Crippen LogP contribution in [-0.2, 0) is 32.5 Å². The fourth-order valence-corrected chi connectivity index (χ4v) is 6.66. The molecule has 2 heterocycles. The number of methoxy groups -OCH3 is 1. The zero-order valence-corrected chi connectivity index (χ0v) is 17.4. The number of rotatable bonds is 5. The number of fused-ring (bicyclic) bond motifs is 1. The van der Waals surface area contributed by atoms with Crippen LogP contribution in [0.25, 0.3) is 0 Å². The van der Waals surface area contributed by atoms with Crippen molar-refractivity contribution in [3.63, 3.8) is 0 Å². The fourth-order valence-electron chi connectivity index (χ4n) is 4.93. The van der Waals surface area contributed by atoms with Crippen LogP contribution in [0.15, 0.2) is 23.1 Å². The molecule has 1 saturated carbocycles. The number of ether oxygens (including phenoxy) is 1. The Kier molecular flexibility index (Phi) is 5.76. The maximum atomic E-state index is 13.2. The molecule has 1 aromatic rings. The molecule has 4 rings (SSSR count). The van der Waals surface area contributed by atoms with Gasteiger partial charge in [-0.2, -0.15) is 4.31 Å². The molecular formula is C21H30N2O4S. The van der Waals surface area contributed by atoms with E-state index >= 15 is 0 Å². The van der Waals surface area contributed by atoms with Crippen LogP contribution in [0.3, 0.4) is 0 Å². The van der Waals surface area contributed by atoms with Crippen molar-refractivity contribution in [3.05, 3.63) is 29.3 Å². The summed E-state index contributed by atoms with van der Waals surface area (Å²) < 4.78 is 33.2. The summed E-state index contributed by atoms with van der Waals surface area (Å²) in [5, 5.41) is 0. The largest absolute Gasteiger partial charge is 0.383 e. The van der Waals surface area contributed by atoms with Gasteiger partial charge in [0.2, 0.25) is 15.9 Å². The summed E-state index contributed by atoms with van der Waals surface area (Å²) in [7, 11) is -1.94. The average Bonchev–Trinajstić information content (AvgIpc) is 3.39. The summed E-state index contributed by atoms with van der Waals surface area (Å²) in [4.78, 5) is 15.1. The van der Waals surface area contributed by atoms with Crippen molar-refractivity contribution < 1.29 is 17.9 Å². The Morgan fingerprint density at radius 2 is 1.89 bits per heavy atom. The molecule has 154 valence electrons. The maximum Gasteiger partial charge on any atom is 0.243 e. The van der Waals surface area contributed by atoms with Gasteiger partial charge in [0.25, 0.3) is 0 Å². The third kappa shape index (κ3) is 3.72. The molecule has 1 aliphatic carbocycles. The Morgan fingerprint density at radius 3 is 2.64 bits per heavy atom. The molecule has 1 saturated heterocycles. The van der Waals surface area contributed by atoms with E-state index in [1.807, 2.05) is 11.0 Å². The van der Waals surface area contributed by atoms with Crippen molar-refractivity contribution in [3.8, 4) is 0 Å². The van der Waals surface area contributed by atoms with E-state index in [1.54, 1.807) is 23.5 Å². The molecule has 3 aliphatic rings. The van der Waals surface area contributed by atoms with E-state index in [0.29, 0.717) is 24.6 Å². The van der Waals surface area contributed by atoms with E-state index in [0.717, 1.165) is 62.6 Å². The number of sulfonamides is 1. The van der Waals surface area contributed by atoms with Gasteiger partial charge in [0, 0.05) is 38.7 Å². The second-order valence-electron chi connectivity index (χ2n) is 8.29. The first kappa shape index (κ1) is 19.9. The van der Waals surface area contributed by atoms with Gasteiger partial charge in [0.05, 0.1) is 11.5 Å². The number of amides is 1. The molecule has 0 bridgehead atoms. The quantitative estimate of drug-likeness (QED) is 0.754. The SMILES string of the molecule is COC[C@@H]1CCCN1S(=O)(=O)c1ccc2c(c1)CN(C(=O)C1CCCC1)CC2. The molecule has 1 aromatic carbocycles. The first-order valence-corrected chi connectivity index (χ1v) is 11.9. The molecule has 2 fully saturated rings. The van der Waals surface area contributed by atoms with Gasteiger partial charge in [0.15, 0.2) is 0 Å². The monoisotopic (exact) mass is 406 g/mol. The van der Waals surface area contributed by atoms with Crippen LogP contribution >= 0.6 is 0 Å². The highest BCUT2D eigenvalue weighted by Gasteiger charge is 2.36. The summed E-state index contributed by atoms with van der Waals surface area (Å²) >= 11 is 0. The molecule has 0 N–H and O–H groups in total. The predicted octanol–water partition coefficient (Wildman–Crippen LogP) is 2.56.